The third kappa shape index (κ3) is 6.84. The van der Waals surface area contributed by atoms with Crippen LogP contribution in [0.1, 0.15) is 41.1 Å². The molecule has 2 unspecified atom stereocenters. The van der Waals surface area contributed by atoms with E-state index in [1.165, 1.54) is 48.2 Å². The van der Waals surface area contributed by atoms with Crippen LogP contribution < -0.4 is 10.9 Å². The fourth-order valence-corrected chi connectivity index (χ4v) is 5.39. The number of rotatable bonds is 10. The highest BCUT2D eigenvalue weighted by Gasteiger charge is 2.32. The molecule has 2 atom stereocenters. The number of methoxy groups -OCH3 is 1. The second-order valence-corrected chi connectivity index (χ2v) is 9.95. The minimum Gasteiger partial charge on any atom is -0.383 e. The number of nitrogens with zero attached hydrogens (tertiary/aromatic N) is 3. The van der Waals surface area contributed by atoms with Crippen LogP contribution in [0.15, 0.2) is 42.7 Å². The molecule has 6 heteroatoms. The van der Waals surface area contributed by atoms with Gasteiger partial charge >= 0.3 is 0 Å². The number of hydrazine groups is 1. The number of pyridine rings is 1. The smallest absolute Gasteiger partial charge is 0.0589 e. The van der Waals surface area contributed by atoms with Crippen molar-refractivity contribution in [3.63, 3.8) is 0 Å². The maximum absolute atomic E-state index is 5.27. The van der Waals surface area contributed by atoms with Crippen molar-refractivity contribution in [1.82, 2.24) is 25.6 Å². The van der Waals surface area contributed by atoms with Gasteiger partial charge in [-0.3, -0.25) is 15.3 Å². The highest BCUT2D eigenvalue weighted by Crippen LogP contribution is 2.30. The number of nitrogens with one attached hydrogen (secondary N) is 2. The Balaban J connectivity index is 1.43. The summed E-state index contributed by atoms with van der Waals surface area (Å²) in [7, 11) is 1.79. The molecule has 0 aliphatic carbocycles. The summed E-state index contributed by atoms with van der Waals surface area (Å²) in [4.78, 5) is 9.47. The molecule has 2 aromatic rings. The standard InChI is InChI=1S/C27H41N5O/c1-21-4-5-22(2)26(16-21)27-25(17-29-30-27)20-32(18-23-6-10-28-11-7-23)19-24-8-12-31(13-9-24)14-15-33-3/h4-7,10-11,16,24-25,27,29-30H,8-9,12-15,17-20H2,1-3H3. The third-order valence-electron chi connectivity index (χ3n) is 7.35. The molecule has 2 aliphatic rings. The molecule has 180 valence electrons. The van der Waals surface area contributed by atoms with Gasteiger partial charge in [0.15, 0.2) is 0 Å². The number of piperidine rings is 1. The Morgan fingerprint density at radius 3 is 2.64 bits per heavy atom. The zero-order valence-electron chi connectivity index (χ0n) is 20.6. The van der Waals surface area contributed by atoms with Gasteiger partial charge in [-0.25, -0.2) is 5.43 Å². The van der Waals surface area contributed by atoms with Gasteiger partial charge in [0.2, 0.25) is 0 Å². The molecule has 0 saturated carbocycles. The normalized spacial score (nSPS) is 22.3. The lowest BCUT2D eigenvalue weighted by Crippen LogP contribution is -2.41. The highest BCUT2D eigenvalue weighted by atomic mass is 16.5. The summed E-state index contributed by atoms with van der Waals surface area (Å²) >= 11 is 0. The van der Waals surface area contributed by atoms with Crippen molar-refractivity contribution in [3.05, 3.63) is 65.0 Å². The molecule has 2 aliphatic heterocycles. The molecule has 2 saturated heterocycles. The van der Waals surface area contributed by atoms with E-state index in [4.69, 9.17) is 4.74 Å². The predicted octanol–water partition coefficient (Wildman–Crippen LogP) is 3.32. The summed E-state index contributed by atoms with van der Waals surface area (Å²) in [5, 5.41) is 0. The molecule has 2 N–H and O–H groups in total. The summed E-state index contributed by atoms with van der Waals surface area (Å²) in [5.41, 5.74) is 12.5. The molecule has 2 fully saturated rings. The van der Waals surface area contributed by atoms with E-state index in [9.17, 15) is 0 Å². The molecule has 33 heavy (non-hydrogen) atoms. The van der Waals surface area contributed by atoms with Gasteiger partial charge in [-0.2, -0.15) is 0 Å². The lowest BCUT2D eigenvalue weighted by molar-refractivity contribution is 0.101. The Morgan fingerprint density at radius 1 is 1.09 bits per heavy atom. The van der Waals surface area contributed by atoms with Crippen LogP contribution in [-0.2, 0) is 11.3 Å². The van der Waals surface area contributed by atoms with Crippen molar-refractivity contribution >= 4 is 0 Å². The van der Waals surface area contributed by atoms with Gasteiger partial charge in [0.25, 0.3) is 0 Å². The van der Waals surface area contributed by atoms with Crippen LogP contribution in [-0.4, -0.2) is 67.8 Å². The topological polar surface area (TPSA) is 52.7 Å². The number of benzene rings is 1. The number of hydrogen-bond donors (Lipinski definition) is 2. The zero-order chi connectivity index (χ0) is 23.0. The van der Waals surface area contributed by atoms with Gasteiger partial charge in [0, 0.05) is 58.1 Å². The quantitative estimate of drug-likeness (QED) is 0.578. The fraction of sp³-hybridized carbons (Fsp3) is 0.593. The summed E-state index contributed by atoms with van der Waals surface area (Å²) < 4.78 is 5.27. The van der Waals surface area contributed by atoms with Crippen LogP contribution in [0.4, 0.5) is 0 Å². The molecule has 0 spiro atoms. The monoisotopic (exact) mass is 451 g/mol. The molecule has 1 aromatic carbocycles. The van der Waals surface area contributed by atoms with Crippen molar-refractivity contribution in [1.29, 1.82) is 0 Å². The van der Waals surface area contributed by atoms with Crippen molar-refractivity contribution in [2.24, 2.45) is 11.8 Å². The van der Waals surface area contributed by atoms with E-state index < -0.39 is 0 Å². The zero-order valence-corrected chi connectivity index (χ0v) is 20.6. The van der Waals surface area contributed by atoms with Crippen molar-refractivity contribution in [2.75, 3.05) is 53.0 Å². The van der Waals surface area contributed by atoms with Crippen molar-refractivity contribution in [2.45, 2.75) is 39.3 Å². The molecular weight excluding hydrogens is 410 g/mol. The first-order valence-corrected chi connectivity index (χ1v) is 12.5. The maximum atomic E-state index is 5.27. The van der Waals surface area contributed by atoms with Crippen molar-refractivity contribution in [3.8, 4) is 0 Å². The molecular formula is C27H41N5O. The molecule has 4 rings (SSSR count). The first kappa shape index (κ1) is 24.3. The van der Waals surface area contributed by atoms with Crippen LogP contribution >= 0.6 is 0 Å². The Kier molecular flexibility index (Phi) is 8.87. The van der Waals surface area contributed by atoms with E-state index in [0.717, 1.165) is 45.2 Å². The van der Waals surface area contributed by atoms with Gasteiger partial charge in [-0.1, -0.05) is 23.8 Å². The Morgan fingerprint density at radius 2 is 1.88 bits per heavy atom. The van der Waals surface area contributed by atoms with Gasteiger partial charge < -0.3 is 9.64 Å². The minimum absolute atomic E-state index is 0.348. The number of hydrogen-bond acceptors (Lipinski definition) is 6. The van der Waals surface area contributed by atoms with Crippen LogP contribution in [0, 0.1) is 25.7 Å². The van der Waals surface area contributed by atoms with E-state index in [2.05, 4.69) is 69.8 Å². The largest absolute Gasteiger partial charge is 0.383 e. The molecule has 3 heterocycles. The number of aromatic nitrogens is 1. The van der Waals surface area contributed by atoms with Crippen LogP contribution in [0.25, 0.3) is 0 Å². The van der Waals surface area contributed by atoms with E-state index in [1.807, 2.05) is 12.4 Å². The lowest BCUT2D eigenvalue weighted by atomic mass is 9.89. The minimum atomic E-state index is 0.348. The van der Waals surface area contributed by atoms with Gasteiger partial charge in [0.05, 0.1) is 12.6 Å². The number of ether oxygens (including phenoxy) is 1. The Hall–Kier alpha value is -1.83. The maximum Gasteiger partial charge on any atom is 0.0589 e. The Bertz CT molecular complexity index is 853. The highest BCUT2D eigenvalue weighted by molar-refractivity contribution is 5.34. The third-order valence-corrected chi connectivity index (χ3v) is 7.35. The van der Waals surface area contributed by atoms with E-state index in [-0.39, 0.29) is 0 Å². The first-order valence-electron chi connectivity index (χ1n) is 12.5. The van der Waals surface area contributed by atoms with Crippen molar-refractivity contribution < 1.29 is 4.74 Å². The summed E-state index contributed by atoms with van der Waals surface area (Å²) in [5.74, 6) is 1.29. The number of aryl methyl sites for hydroxylation is 2. The summed E-state index contributed by atoms with van der Waals surface area (Å²) in [6.45, 7) is 12.9. The van der Waals surface area contributed by atoms with E-state index >= 15 is 0 Å². The average Bonchev–Trinajstić information content (AvgIpc) is 3.28. The molecule has 0 radical (unpaired) electrons. The molecule has 0 amide bonds. The SMILES string of the molecule is COCCN1CCC(CN(Cc2ccncc2)CC2CNNC2c2cc(C)ccc2C)CC1. The average molecular weight is 452 g/mol. The molecule has 6 nitrogen and oxygen atoms in total. The Labute approximate surface area is 199 Å². The summed E-state index contributed by atoms with van der Waals surface area (Å²) in [6.07, 6.45) is 6.38. The van der Waals surface area contributed by atoms with Gasteiger partial charge in [-0.15, -0.1) is 0 Å². The molecule has 1 aromatic heterocycles. The van der Waals surface area contributed by atoms with Crippen LogP contribution in [0.2, 0.25) is 0 Å². The van der Waals surface area contributed by atoms with Gasteiger partial charge in [-0.05, 0) is 74.5 Å². The molecule has 0 bridgehead atoms. The second kappa shape index (κ2) is 12.0. The fourth-order valence-electron chi connectivity index (χ4n) is 5.39. The van der Waals surface area contributed by atoms with E-state index in [1.54, 1.807) is 7.11 Å². The van der Waals surface area contributed by atoms with Gasteiger partial charge in [0.1, 0.15) is 0 Å². The lowest BCUT2D eigenvalue weighted by Gasteiger charge is -2.36. The first-order chi connectivity index (χ1) is 16.1. The van der Waals surface area contributed by atoms with E-state index in [0.29, 0.717) is 12.0 Å². The second-order valence-electron chi connectivity index (χ2n) is 9.95. The number of likely N-dealkylation sites (tertiary alicyclic amines) is 1. The van der Waals surface area contributed by atoms with Crippen LogP contribution in [0.5, 0.6) is 0 Å². The summed E-state index contributed by atoms with van der Waals surface area (Å²) in [6, 6.07) is 11.5. The predicted molar refractivity (Wildman–Crippen MR) is 134 cm³/mol. The van der Waals surface area contributed by atoms with Crippen LogP contribution in [0.3, 0.4) is 0 Å².